The van der Waals surface area contributed by atoms with Crippen molar-refractivity contribution < 1.29 is 14.7 Å². The third kappa shape index (κ3) is 1.48. The summed E-state index contributed by atoms with van der Waals surface area (Å²) in [5, 5.41) is 9.21. The monoisotopic (exact) mass is 200 g/mol. The number of imide groups is 1. The molecule has 1 heterocycles. The molecule has 1 aliphatic rings. The Morgan fingerprint density at radius 1 is 1.43 bits per heavy atom. The fraction of sp³-hybridized carbons (Fsp3) is 0.778. The first kappa shape index (κ1) is 11.0. The van der Waals surface area contributed by atoms with Gasteiger partial charge in [-0.1, -0.05) is 0 Å². The van der Waals surface area contributed by atoms with Crippen LogP contribution < -0.4 is 0 Å². The van der Waals surface area contributed by atoms with E-state index in [-0.39, 0.29) is 18.5 Å². The summed E-state index contributed by atoms with van der Waals surface area (Å²) in [4.78, 5) is 25.7. The Morgan fingerprint density at radius 2 is 1.93 bits per heavy atom. The van der Waals surface area contributed by atoms with E-state index in [9.17, 15) is 14.7 Å². The van der Waals surface area contributed by atoms with Gasteiger partial charge in [0.1, 0.15) is 5.54 Å². The molecule has 0 spiro atoms. The van der Waals surface area contributed by atoms with E-state index in [1.54, 1.807) is 20.8 Å². The maximum absolute atomic E-state index is 11.6. The van der Waals surface area contributed by atoms with Crippen molar-refractivity contribution in [2.75, 3.05) is 13.6 Å². The van der Waals surface area contributed by atoms with Crippen LogP contribution in [0.3, 0.4) is 0 Å². The molecule has 0 saturated carbocycles. The molecule has 1 unspecified atom stereocenters. The zero-order chi connectivity index (χ0) is 11.1. The summed E-state index contributed by atoms with van der Waals surface area (Å²) < 4.78 is 0. The van der Waals surface area contributed by atoms with Crippen LogP contribution in [0.2, 0.25) is 0 Å². The maximum atomic E-state index is 11.6. The molecule has 1 fully saturated rings. The average Bonchev–Trinajstić information content (AvgIpc) is 2.20. The number of β-amino-alcohol motifs (C(OH)–C–C–N with tert-alkyl or cyclic N) is 1. The first-order valence-corrected chi connectivity index (χ1v) is 4.56. The first-order chi connectivity index (χ1) is 6.28. The molecule has 14 heavy (non-hydrogen) atoms. The second-order valence-electron chi connectivity index (χ2n) is 4.17. The Kier molecular flexibility index (Phi) is 2.54. The van der Waals surface area contributed by atoms with Crippen molar-refractivity contribution in [3.63, 3.8) is 0 Å². The third-order valence-corrected chi connectivity index (χ3v) is 2.47. The van der Waals surface area contributed by atoms with Crippen LogP contribution in [0.5, 0.6) is 0 Å². The minimum Gasteiger partial charge on any atom is -0.392 e. The molecule has 0 bridgehead atoms. The van der Waals surface area contributed by atoms with Crippen LogP contribution in [0.15, 0.2) is 0 Å². The van der Waals surface area contributed by atoms with E-state index in [1.165, 1.54) is 11.9 Å². The largest absolute Gasteiger partial charge is 0.392 e. The number of hydrogen-bond donors (Lipinski definition) is 1. The van der Waals surface area contributed by atoms with Gasteiger partial charge in [-0.15, -0.1) is 0 Å². The van der Waals surface area contributed by atoms with Gasteiger partial charge in [0.15, 0.2) is 0 Å². The highest BCUT2D eigenvalue weighted by Gasteiger charge is 2.49. The van der Waals surface area contributed by atoms with Gasteiger partial charge in [-0.25, -0.2) is 4.79 Å². The number of hydrogen-bond acceptors (Lipinski definition) is 3. The molecule has 5 nitrogen and oxygen atoms in total. The summed E-state index contributed by atoms with van der Waals surface area (Å²) in [5.74, 6) is -0.233. The summed E-state index contributed by atoms with van der Waals surface area (Å²) in [6.07, 6.45) is -0.627. The van der Waals surface area contributed by atoms with E-state index in [1.807, 2.05) is 0 Å². The van der Waals surface area contributed by atoms with Crippen molar-refractivity contribution in [2.45, 2.75) is 32.4 Å². The predicted molar refractivity (Wildman–Crippen MR) is 50.6 cm³/mol. The fourth-order valence-corrected chi connectivity index (χ4v) is 1.60. The molecule has 0 aromatic carbocycles. The summed E-state index contributed by atoms with van der Waals surface area (Å²) in [6.45, 7) is 5.13. The second kappa shape index (κ2) is 3.24. The fourth-order valence-electron chi connectivity index (χ4n) is 1.60. The highest BCUT2D eigenvalue weighted by molar-refractivity contribution is 6.06. The molecule has 80 valence electrons. The van der Waals surface area contributed by atoms with Crippen molar-refractivity contribution in [1.29, 1.82) is 0 Å². The van der Waals surface area contributed by atoms with Crippen molar-refractivity contribution in [3.8, 4) is 0 Å². The minimum atomic E-state index is -0.844. The van der Waals surface area contributed by atoms with Crippen molar-refractivity contribution in [3.05, 3.63) is 0 Å². The van der Waals surface area contributed by atoms with Crippen molar-refractivity contribution >= 4 is 11.9 Å². The van der Waals surface area contributed by atoms with Gasteiger partial charge in [0.05, 0.1) is 6.10 Å². The molecule has 1 aliphatic heterocycles. The van der Waals surface area contributed by atoms with Crippen LogP contribution in [0.25, 0.3) is 0 Å². The van der Waals surface area contributed by atoms with Crippen LogP contribution in [0, 0.1) is 0 Å². The zero-order valence-electron chi connectivity index (χ0n) is 8.94. The van der Waals surface area contributed by atoms with Gasteiger partial charge in [0, 0.05) is 13.6 Å². The summed E-state index contributed by atoms with van der Waals surface area (Å²) in [6, 6.07) is -0.346. The summed E-state index contributed by atoms with van der Waals surface area (Å²) >= 11 is 0. The molecule has 0 aromatic heterocycles. The molecule has 1 N–H and O–H groups in total. The number of rotatable bonds is 2. The normalized spacial score (nSPS) is 23.2. The molecular weight excluding hydrogens is 184 g/mol. The Balaban J connectivity index is 2.94. The Bertz CT molecular complexity index is 273. The molecule has 1 rings (SSSR count). The van der Waals surface area contributed by atoms with E-state index < -0.39 is 11.6 Å². The van der Waals surface area contributed by atoms with E-state index in [2.05, 4.69) is 0 Å². The Hall–Kier alpha value is -1.10. The van der Waals surface area contributed by atoms with Gasteiger partial charge in [-0.2, -0.15) is 0 Å². The van der Waals surface area contributed by atoms with Crippen LogP contribution in [-0.4, -0.2) is 52.1 Å². The van der Waals surface area contributed by atoms with Crippen LogP contribution >= 0.6 is 0 Å². The summed E-state index contributed by atoms with van der Waals surface area (Å²) in [7, 11) is 1.45. The van der Waals surface area contributed by atoms with Crippen LogP contribution in [0.1, 0.15) is 20.8 Å². The molecule has 5 heteroatoms. The molecule has 0 aliphatic carbocycles. The van der Waals surface area contributed by atoms with Gasteiger partial charge in [-0.3, -0.25) is 9.69 Å². The summed E-state index contributed by atoms with van der Waals surface area (Å²) in [5.41, 5.74) is -0.844. The number of carbonyl (C=O) groups excluding carboxylic acids is 2. The second-order valence-corrected chi connectivity index (χ2v) is 4.17. The van der Waals surface area contributed by atoms with Gasteiger partial charge >= 0.3 is 6.03 Å². The molecular formula is C9H16N2O3. The highest BCUT2D eigenvalue weighted by Crippen LogP contribution is 2.26. The van der Waals surface area contributed by atoms with Crippen LogP contribution in [-0.2, 0) is 4.79 Å². The van der Waals surface area contributed by atoms with Gasteiger partial charge in [0.2, 0.25) is 0 Å². The van der Waals surface area contributed by atoms with E-state index in [4.69, 9.17) is 0 Å². The lowest BCUT2D eigenvalue weighted by Gasteiger charge is -2.28. The zero-order valence-corrected chi connectivity index (χ0v) is 8.94. The van der Waals surface area contributed by atoms with Crippen molar-refractivity contribution in [1.82, 2.24) is 9.80 Å². The van der Waals surface area contributed by atoms with E-state index >= 15 is 0 Å². The number of amides is 3. The number of aliphatic hydroxyl groups excluding tert-OH is 1. The third-order valence-electron chi connectivity index (χ3n) is 2.47. The Morgan fingerprint density at radius 3 is 2.21 bits per heavy atom. The van der Waals surface area contributed by atoms with Crippen molar-refractivity contribution in [2.24, 2.45) is 0 Å². The SMILES string of the molecule is CC(O)CN1C(=O)N(C)C(=O)C1(C)C. The molecule has 1 atom stereocenters. The predicted octanol–water partition coefficient (Wildman–Crippen LogP) is 0.0398. The number of aliphatic hydroxyl groups is 1. The van der Waals surface area contributed by atoms with Gasteiger partial charge < -0.3 is 10.0 Å². The molecule has 0 radical (unpaired) electrons. The number of nitrogens with zero attached hydrogens (tertiary/aromatic N) is 2. The topological polar surface area (TPSA) is 60.9 Å². The number of likely N-dealkylation sites (N-methyl/N-ethyl adjacent to an activating group) is 1. The lowest BCUT2D eigenvalue weighted by molar-refractivity contribution is -0.131. The molecule has 0 aromatic rings. The standard InChI is InChI=1S/C9H16N2O3/c1-6(12)5-11-8(14)10(4)7(13)9(11,2)3/h6,12H,5H2,1-4H3. The lowest BCUT2D eigenvalue weighted by Crippen LogP contribution is -2.47. The maximum Gasteiger partial charge on any atom is 0.327 e. The van der Waals surface area contributed by atoms with Gasteiger partial charge in [0.25, 0.3) is 5.91 Å². The number of urea groups is 1. The first-order valence-electron chi connectivity index (χ1n) is 4.56. The smallest absolute Gasteiger partial charge is 0.327 e. The van der Waals surface area contributed by atoms with E-state index in [0.717, 1.165) is 4.90 Å². The quantitative estimate of drug-likeness (QED) is 0.640. The van der Waals surface area contributed by atoms with Crippen LogP contribution in [0.4, 0.5) is 4.79 Å². The number of carbonyl (C=O) groups is 2. The Labute approximate surface area is 83.3 Å². The lowest BCUT2D eigenvalue weighted by atomic mass is 10.0. The highest BCUT2D eigenvalue weighted by atomic mass is 16.3. The van der Waals surface area contributed by atoms with Gasteiger partial charge in [-0.05, 0) is 20.8 Å². The van der Waals surface area contributed by atoms with E-state index in [0.29, 0.717) is 0 Å². The minimum absolute atomic E-state index is 0.182. The average molecular weight is 200 g/mol. The molecule has 1 saturated heterocycles. The molecule has 3 amide bonds.